The van der Waals surface area contributed by atoms with Crippen molar-refractivity contribution in [2.75, 3.05) is 13.1 Å². The molecule has 1 aromatic carbocycles. The summed E-state index contributed by atoms with van der Waals surface area (Å²) in [5.41, 5.74) is 7.89. The minimum atomic E-state index is 0.0294. The normalized spacial score (nSPS) is 19.2. The first-order valence-corrected chi connectivity index (χ1v) is 6.98. The Bertz CT molecular complexity index is 479. The number of rotatable bonds is 4. The number of hydrogen-bond acceptors (Lipinski definition) is 2. The molecule has 19 heavy (non-hydrogen) atoms. The second-order valence-corrected chi connectivity index (χ2v) is 6.42. The van der Waals surface area contributed by atoms with Gasteiger partial charge in [-0.2, -0.15) is 0 Å². The summed E-state index contributed by atoms with van der Waals surface area (Å²) in [6, 6.07) is 7.85. The molecule has 1 heterocycles. The molecule has 2 N–H and O–H groups in total. The molecule has 3 nitrogen and oxygen atoms in total. The molecule has 1 atom stereocenters. The van der Waals surface area contributed by atoms with E-state index in [9.17, 15) is 4.79 Å². The number of amides is 1. The fourth-order valence-corrected chi connectivity index (χ4v) is 2.50. The Labute approximate surface area is 115 Å². The fourth-order valence-electron chi connectivity index (χ4n) is 2.50. The Morgan fingerprint density at radius 1 is 1.32 bits per heavy atom. The molecule has 0 saturated carbocycles. The summed E-state index contributed by atoms with van der Waals surface area (Å²) in [6.45, 7) is 10.1. The minimum absolute atomic E-state index is 0.0294. The van der Waals surface area contributed by atoms with E-state index in [1.54, 1.807) is 0 Å². The van der Waals surface area contributed by atoms with Crippen molar-refractivity contribution < 1.29 is 4.79 Å². The van der Waals surface area contributed by atoms with Crippen molar-refractivity contribution in [3.05, 3.63) is 35.4 Å². The highest BCUT2D eigenvalue weighted by Gasteiger charge is 2.39. The maximum atomic E-state index is 12.5. The Morgan fingerprint density at radius 3 is 2.53 bits per heavy atom. The van der Waals surface area contributed by atoms with Gasteiger partial charge in [-0.15, -0.1) is 0 Å². The Morgan fingerprint density at radius 2 is 1.95 bits per heavy atom. The zero-order chi connectivity index (χ0) is 14.2. The largest absolute Gasteiger partial charge is 0.330 e. The lowest BCUT2D eigenvalue weighted by Crippen LogP contribution is -2.41. The Hall–Kier alpha value is -1.35. The van der Waals surface area contributed by atoms with Crippen LogP contribution >= 0.6 is 0 Å². The van der Waals surface area contributed by atoms with E-state index in [0.717, 1.165) is 17.7 Å². The highest BCUT2D eigenvalue weighted by molar-refractivity contribution is 5.99. The van der Waals surface area contributed by atoms with Gasteiger partial charge in [0.1, 0.15) is 0 Å². The zero-order valence-corrected chi connectivity index (χ0v) is 12.3. The van der Waals surface area contributed by atoms with Crippen molar-refractivity contribution in [1.29, 1.82) is 0 Å². The first-order valence-electron chi connectivity index (χ1n) is 6.98. The van der Waals surface area contributed by atoms with Gasteiger partial charge in [0.2, 0.25) is 0 Å². The molecule has 1 aromatic rings. The molecule has 2 rings (SSSR count). The van der Waals surface area contributed by atoms with E-state index in [4.69, 9.17) is 5.73 Å². The molecule has 1 unspecified atom stereocenters. The zero-order valence-electron chi connectivity index (χ0n) is 12.3. The average molecular weight is 260 g/mol. The van der Waals surface area contributed by atoms with E-state index in [2.05, 4.69) is 27.7 Å². The predicted molar refractivity (Wildman–Crippen MR) is 77.9 cm³/mol. The summed E-state index contributed by atoms with van der Waals surface area (Å²) in [5, 5.41) is 0. The van der Waals surface area contributed by atoms with Crippen LogP contribution in [-0.4, -0.2) is 23.9 Å². The summed E-state index contributed by atoms with van der Waals surface area (Å²) in [7, 11) is 0. The summed E-state index contributed by atoms with van der Waals surface area (Å²) < 4.78 is 0. The summed E-state index contributed by atoms with van der Waals surface area (Å²) >= 11 is 0. The SMILES string of the molecule is CC(C)C(C)(C)CN1C(=O)c2ccccc2C1CN. The van der Waals surface area contributed by atoms with E-state index in [1.807, 2.05) is 29.2 Å². The third-order valence-corrected chi connectivity index (χ3v) is 4.55. The van der Waals surface area contributed by atoms with Crippen molar-refractivity contribution in [2.45, 2.75) is 33.7 Å². The van der Waals surface area contributed by atoms with Gasteiger partial charge >= 0.3 is 0 Å². The number of benzene rings is 1. The van der Waals surface area contributed by atoms with Crippen molar-refractivity contribution in [2.24, 2.45) is 17.1 Å². The highest BCUT2D eigenvalue weighted by Crippen LogP contribution is 2.37. The topological polar surface area (TPSA) is 46.3 Å². The molecule has 0 saturated heterocycles. The van der Waals surface area contributed by atoms with Crippen LogP contribution in [0, 0.1) is 11.3 Å². The van der Waals surface area contributed by atoms with Crippen LogP contribution in [0.1, 0.15) is 49.7 Å². The van der Waals surface area contributed by atoms with Gasteiger partial charge in [-0.25, -0.2) is 0 Å². The smallest absolute Gasteiger partial charge is 0.254 e. The highest BCUT2D eigenvalue weighted by atomic mass is 16.2. The lowest BCUT2D eigenvalue weighted by Gasteiger charge is -2.36. The van der Waals surface area contributed by atoms with E-state index in [-0.39, 0.29) is 17.4 Å². The van der Waals surface area contributed by atoms with Gasteiger partial charge in [0.05, 0.1) is 6.04 Å². The third kappa shape index (κ3) is 2.39. The summed E-state index contributed by atoms with van der Waals surface area (Å²) in [4.78, 5) is 14.5. The standard InChI is InChI=1S/C16H24N2O/c1-11(2)16(3,4)10-18-14(9-17)12-7-5-6-8-13(12)15(18)19/h5-8,11,14H,9-10,17H2,1-4H3. The number of hydrogen-bond donors (Lipinski definition) is 1. The van der Waals surface area contributed by atoms with Crippen LogP contribution in [-0.2, 0) is 0 Å². The minimum Gasteiger partial charge on any atom is -0.330 e. The second-order valence-electron chi connectivity index (χ2n) is 6.42. The molecule has 1 amide bonds. The van der Waals surface area contributed by atoms with Crippen molar-refractivity contribution in [1.82, 2.24) is 4.90 Å². The van der Waals surface area contributed by atoms with Gasteiger partial charge < -0.3 is 10.6 Å². The van der Waals surface area contributed by atoms with Crippen LogP contribution in [0.4, 0.5) is 0 Å². The summed E-state index contributed by atoms with van der Waals surface area (Å²) in [6.07, 6.45) is 0. The molecular formula is C16H24N2O. The molecule has 1 aliphatic rings. The second kappa shape index (κ2) is 4.97. The molecule has 0 spiro atoms. The van der Waals surface area contributed by atoms with E-state index < -0.39 is 0 Å². The average Bonchev–Trinajstić information content (AvgIpc) is 2.62. The fraction of sp³-hybridized carbons (Fsp3) is 0.562. The number of nitrogens with two attached hydrogens (primary N) is 1. The van der Waals surface area contributed by atoms with Gasteiger partial charge in [-0.3, -0.25) is 4.79 Å². The molecule has 104 valence electrons. The first kappa shape index (κ1) is 14.1. The maximum Gasteiger partial charge on any atom is 0.254 e. The van der Waals surface area contributed by atoms with Crippen LogP contribution < -0.4 is 5.73 Å². The van der Waals surface area contributed by atoms with E-state index in [0.29, 0.717) is 12.5 Å². The molecule has 3 heteroatoms. The van der Waals surface area contributed by atoms with Gasteiger partial charge in [0, 0.05) is 18.7 Å². The first-order chi connectivity index (χ1) is 8.88. The quantitative estimate of drug-likeness (QED) is 0.905. The van der Waals surface area contributed by atoms with E-state index in [1.165, 1.54) is 0 Å². The molecule has 0 aromatic heterocycles. The van der Waals surface area contributed by atoms with Gasteiger partial charge in [-0.1, -0.05) is 45.9 Å². The van der Waals surface area contributed by atoms with Crippen molar-refractivity contribution in [3.8, 4) is 0 Å². The van der Waals surface area contributed by atoms with Crippen LogP contribution in [0.25, 0.3) is 0 Å². The summed E-state index contributed by atoms with van der Waals surface area (Å²) in [5.74, 6) is 0.641. The molecular weight excluding hydrogens is 236 g/mol. The Balaban J connectivity index is 2.31. The number of carbonyl (C=O) groups is 1. The third-order valence-electron chi connectivity index (χ3n) is 4.55. The molecule has 0 aliphatic carbocycles. The van der Waals surface area contributed by atoms with Crippen LogP contribution in [0.15, 0.2) is 24.3 Å². The van der Waals surface area contributed by atoms with Gasteiger partial charge in [0.25, 0.3) is 5.91 Å². The Kier molecular flexibility index (Phi) is 3.68. The monoisotopic (exact) mass is 260 g/mol. The lowest BCUT2D eigenvalue weighted by atomic mass is 9.80. The number of carbonyl (C=O) groups excluding carboxylic acids is 1. The molecule has 0 bridgehead atoms. The maximum absolute atomic E-state index is 12.5. The number of fused-ring (bicyclic) bond motifs is 1. The van der Waals surface area contributed by atoms with E-state index >= 15 is 0 Å². The van der Waals surface area contributed by atoms with Gasteiger partial charge in [0.15, 0.2) is 0 Å². The predicted octanol–water partition coefficient (Wildman–Crippen LogP) is 2.82. The van der Waals surface area contributed by atoms with Gasteiger partial charge in [-0.05, 0) is 23.0 Å². The van der Waals surface area contributed by atoms with Crippen molar-refractivity contribution in [3.63, 3.8) is 0 Å². The van der Waals surface area contributed by atoms with Crippen LogP contribution in [0.2, 0.25) is 0 Å². The number of nitrogens with zero attached hydrogens (tertiary/aromatic N) is 1. The molecule has 0 fully saturated rings. The van der Waals surface area contributed by atoms with Crippen LogP contribution in [0.3, 0.4) is 0 Å². The molecule has 1 aliphatic heterocycles. The molecule has 0 radical (unpaired) electrons. The van der Waals surface area contributed by atoms with Crippen molar-refractivity contribution >= 4 is 5.91 Å². The lowest BCUT2D eigenvalue weighted by molar-refractivity contribution is 0.0587. The van der Waals surface area contributed by atoms with Crippen LogP contribution in [0.5, 0.6) is 0 Å².